The van der Waals surface area contributed by atoms with Crippen LogP contribution in [-0.4, -0.2) is 32.3 Å². The van der Waals surface area contributed by atoms with Crippen molar-refractivity contribution in [2.75, 3.05) is 26.3 Å². The summed E-state index contributed by atoms with van der Waals surface area (Å²) in [6.07, 6.45) is 3.12. The zero-order valence-corrected chi connectivity index (χ0v) is 18.6. The van der Waals surface area contributed by atoms with Crippen LogP contribution in [-0.2, 0) is 17.7 Å². The van der Waals surface area contributed by atoms with Crippen molar-refractivity contribution < 1.29 is 4.74 Å². The summed E-state index contributed by atoms with van der Waals surface area (Å²) in [6.45, 7) is 6.21. The summed E-state index contributed by atoms with van der Waals surface area (Å²) in [5.74, 6) is 0.888. The molecule has 2 aromatic rings. The molecule has 0 bridgehead atoms. The van der Waals surface area contributed by atoms with Crippen LogP contribution < -0.4 is 10.6 Å². The van der Waals surface area contributed by atoms with Crippen molar-refractivity contribution in [1.29, 1.82) is 0 Å². The van der Waals surface area contributed by atoms with Gasteiger partial charge in [-0.1, -0.05) is 30.3 Å². The first-order chi connectivity index (χ1) is 12.4. The van der Waals surface area contributed by atoms with Gasteiger partial charge in [0.15, 0.2) is 5.96 Å². The van der Waals surface area contributed by atoms with Gasteiger partial charge in [0.1, 0.15) is 0 Å². The Morgan fingerprint density at radius 2 is 1.88 bits per heavy atom. The second-order valence-corrected chi connectivity index (χ2v) is 6.59. The summed E-state index contributed by atoms with van der Waals surface area (Å²) in [4.78, 5) is 4.61. The molecule has 0 amide bonds. The van der Waals surface area contributed by atoms with Gasteiger partial charge in [-0.2, -0.15) is 11.3 Å². The van der Waals surface area contributed by atoms with Gasteiger partial charge in [-0.15, -0.1) is 24.0 Å². The summed E-state index contributed by atoms with van der Waals surface area (Å²) < 4.78 is 5.72. The smallest absolute Gasteiger partial charge is 0.191 e. The van der Waals surface area contributed by atoms with Crippen LogP contribution >= 0.6 is 35.3 Å². The average Bonchev–Trinajstić information content (AvgIpc) is 3.16. The molecule has 2 rings (SSSR count). The number of guanidine groups is 1. The van der Waals surface area contributed by atoms with E-state index < -0.39 is 0 Å². The molecule has 1 heterocycles. The summed E-state index contributed by atoms with van der Waals surface area (Å²) in [5, 5.41) is 10.9. The SMILES string of the molecule is CCNC(=NCc1ccsc1)NCCCCOCCc1ccccc1.I. The quantitative estimate of drug-likeness (QED) is 0.213. The number of thiophene rings is 1. The summed E-state index contributed by atoms with van der Waals surface area (Å²) in [7, 11) is 0. The molecule has 0 atom stereocenters. The Morgan fingerprint density at radius 1 is 1.04 bits per heavy atom. The van der Waals surface area contributed by atoms with Crippen molar-refractivity contribution in [2.45, 2.75) is 32.7 Å². The number of benzene rings is 1. The van der Waals surface area contributed by atoms with E-state index in [9.17, 15) is 0 Å². The maximum absolute atomic E-state index is 5.72. The molecule has 0 saturated carbocycles. The van der Waals surface area contributed by atoms with E-state index in [4.69, 9.17) is 4.74 Å². The van der Waals surface area contributed by atoms with Crippen LogP contribution in [0.1, 0.15) is 30.9 Å². The highest BCUT2D eigenvalue weighted by atomic mass is 127. The Bertz CT molecular complexity index is 590. The number of rotatable bonds is 11. The van der Waals surface area contributed by atoms with Crippen LogP contribution in [0, 0.1) is 0 Å². The molecule has 0 aliphatic carbocycles. The van der Waals surface area contributed by atoms with Crippen molar-refractivity contribution >= 4 is 41.3 Å². The molecule has 0 radical (unpaired) electrons. The van der Waals surface area contributed by atoms with E-state index in [1.54, 1.807) is 11.3 Å². The molecular weight excluding hydrogens is 457 g/mol. The molecule has 144 valence electrons. The molecule has 0 fully saturated rings. The van der Waals surface area contributed by atoms with E-state index in [2.05, 4.69) is 63.6 Å². The number of unbranched alkanes of at least 4 members (excludes halogenated alkanes) is 1. The number of hydrogen-bond donors (Lipinski definition) is 2. The van der Waals surface area contributed by atoms with Gasteiger partial charge in [0.25, 0.3) is 0 Å². The predicted octanol–water partition coefficient (Wildman–Crippen LogP) is 4.46. The zero-order valence-electron chi connectivity index (χ0n) is 15.4. The molecule has 6 heteroatoms. The van der Waals surface area contributed by atoms with Gasteiger partial charge in [0.2, 0.25) is 0 Å². The molecule has 2 N–H and O–H groups in total. The van der Waals surface area contributed by atoms with Gasteiger partial charge in [0, 0.05) is 19.7 Å². The monoisotopic (exact) mass is 487 g/mol. The summed E-state index contributed by atoms with van der Waals surface area (Å²) in [5.41, 5.74) is 2.59. The van der Waals surface area contributed by atoms with E-state index in [1.165, 1.54) is 11.1 Å². The minimum Gasteiger partial charge on any atom is -0.381 e. The average molecular weight is 487 g/mol. The maximum atomic E-state index is 5.72. The van der Waals surface area contributed by atoms with E-state index >= 15 is 0 Å². The Balaban J connectivity index is 0.00000338. The number of aliphatic imine (C=N–C) groups is 1. The minimum absolute atomic E-state index is 0. The lowest BCUT2D eigenvalue weighted by Gasteiger charge is -2.11. The number of hydrogen-bond acceptors (Lipinski definition) is 3. The van der Waals surface area contributed by atoms with Gasteiger partial charge in [-0.05, 0) is 54.1 Å². The van der Waals surface area contributed by atoms with Crippen LogP contribution in [0.4, 0.5) is 0 Å². The third-order valence-corrected chi connectivity index (χ3v) is 4.46. The fourth-order valence-electron chi connectivity index (χ4n) is 2.37. The van der Waals surface area contributed by atoms with Crippen molar-refractivity contribution in [1.82, 2.24) is 10.6 Å². The van der Waals surface area contributed by atoms with Gasteiger partial charge in [0.05, 0.1) is 13.2 Å². The number of nitrogens with zero attached hydrogens (tertiary/aromatic N) is 1. The second kappa shape index (κ2) is 15.0. The molecule has 1 aromatic heterocycles. The summed E-state index contributed by atoms with van der Waals surface area (Å²) in [6, 6.07) is 12.6. The fraction of sp³-hybridized carbons (Fsp3) is 0.450. The maximum Gasteiger partial charge on any atom is 0.191 e. The van der Waals surface area contributed by atoms with Gasteiger partial charge < -0.3 is 15.4 Å². The second-order valence-electron chi connectivity index (χ2n) is 5.81. The van der Waals surface area contributed by atoms with Crippen molar-refractivity contribution in [3.05, 3.63) is 58.3 Å². The van der Waals surface area contributed by atoms with E-state index in [1.807, 2.05) is 6.07 Å². The molecular formula is C20H30IN3OS. The van der Waals surface area contributed by atoms with E-state index in [0.29, 0.717) is 0 Å². The number of nitrogens with one attached hydrogen (secondary N) is 2. The topological polar surface area (TPSA) is 45.7 Å². The molecule has 0 saturated heterocycles. The van der Waals surface area contributed by atoms with Gasteiger partial charge >= 0.3 is 0 Å². The van der Waals surface area contributed by atoms with E-state index in [0.717, 1.165) is 58.1 Å². The summed E-state index contributed by atoms with van der Waals surface area (Å²) >= 11 is 1.71. The molecule has 0 spiro atoms. The third-order valence-electron chi connectivity index (χ3n) is 3.73. The normalized spacial score (nSPS) is 11.0. The Hall–Kier alpha value is -1.12. The lowest BCUT2D eigenvalue weighted by molar-refractivity contribution is 0.133. The van der Waals surface area contributed by atoms with E-state index in [-0.39, 0.29) is 24.0 Å². The first kappa shape index (κ1) is 22.9. The van der Waals surface area contributed by atoms with Crippen LogP contribution in [0.5, 0.6) is 0 Å². The fourth-order valence-corrected chi connectivity index (χ4v) is 3.03. The lowest BCUT2D eigenvalue weighted by atomic mass is 10.2. The minimum atomic E-state index is 0. The first-order valence-corrected chi connectivity index (χ1v) is 9.97. The van der Waals surface area contributed by atoms with Crippen LogP contribution in [0.15, 0.2) is 52.2 Å². The van der Waals surface area contributed by atoms with Gasteiger partial charge in [-0.3, -0.25) is 0 Å². The largest absolute Gasteiger partial charge is 0.381 e. The van der Waals surface area contributed by atoms with Crippen molar-refractivity contribution in [3.63, 3.8) is 0 Å². The highest BCUT2D eigenvalue weighted by Gasteiger charge is 1.98. The molecule has 0 unspecified atom stereocenters. The molecule has 0 aliphatic heterocycles. The highest BCUT2D eigenvalue weighted by Crippen LogP contribution is 2.06. The predicted molar refractivity (Wildman–Crippen MR) is 123 cm³/mol. The molecule has 0 aliphatic rings. The Kier molecular flexibility index (Phi) is 13.2. The standard InChI is InChI=1S/C20H29N3OS.HI/c1-2-21-20(23-16-19-11-15-25-17-19)22-12-6-7-13-24-14-10-18-8-4-3-5-9-18;/h3-5,8-9,11,15,17H,2,6-7,10,12-14,16H2,1H3,(H2,21,22,23);1H. The molecule has 4 nitrogen and oxygen atoms in total. The Labute approximate surface area is 178 Å². The zero-order chi connectivity index (χ0) is 17.6. The van der Waals surface area contributed by atoms with Crippen LogP contribution in [0.3, 0.4) is 0 Å². The lowest BCUT2D eigenvalue weighted by Crippen LogP contribution is -2.37. The van der Waals surface area contributed by atoms with Crippen LogP contribution in [0.25, 0.3) is 0 Å². The van der Waals surface area contributed by atoms with Crippen molar-refractivity contribution in [3.8, 4) is 0 Å². The highest BCUT2D eigenvalue weighted by molar-refractivity contribution is 14.0. The van der Waals surface area contributed by atoms with Crippen LogP contribution in [0.2, 0.25) is 0 Å². The Morgan fingerprint density at radius 3 is 2.62 bits per heavy atom. The third kappa shape index (κ3) is 10.1. The van der Waals surface area contributed by atoms with Gasteiger partial charge in [-0.25, -0.2) is 4.99 Å². The first-order valence-electron chi connectivity index (χ1n) is 9.03. The molecule has 26 heavy (non-hydrogen) atoms. The number of ether oxygens (including phenoxy) is 1. The number of halogens is 1. The molecule has 1 aromatic carbocycles. The van der Waals surface area contributed by atoms with Crippen molar-refractivity contribution in [2.24, 2.45) is 4.99 Å².